The van der Waals surface area contributed by atoms with Gasteiger partial charge in [-0.1, -0.05) is 45.4 Å². The first-order valence-corrected chi connectivity index (χ1v) is 18.8. The van der Waals surface area contributed by atoms with Crippen molar-refractivity contribution in [3.8, 4) is 0 Å². The average molecular weight is 668 g/mol. The molecule has 0 amide bonds. The van der Waals surface area contributed by atoms with E-state index in [1.165, 1.54) is 0 Å². The van der Waals surface area contributed by atoms with E-state index in [0.29, 0.717) is 50.5 Å². The van der Waals surface area contributed by atoms with Crippen LogP contribution < -0.4 is 4.90 Å². The van der Waals surface area contributed by atoms with Crippen LogP contribution in [-0.4, -0.2) is 101 Å². The summed E-state index contributed by atoms with van der Waals surface area (Å²) in [6.07, 6.45) is 2.02. The Labute approximate surface area is 271 Å². The third-order valence-corrected chi connectivity index (χ3v) is 12.3. The van der Waals surface area contributed by atoms with Gasteiger partial charge in [-0.3, -0.25) is 0 Å². The number of nitrogens with zero attached hydrogens (tertiary/aromatic N) is 5. The third kappa shape index (κ3) is 8.96. The number of halogens is 1. The summed E-state index contributed by atoms with van der Waals surface area (Å²) in [6, 6.07) is 12.6. The van der Waals surface area contributed by atoms with Crippen LogP contribution in [0.3, 0.4) is 0 Å². The zero-order valence-electron chi connectivity index (χ0n) is 27.2. The van der Waals surface area contributed by atoms with Crippen LogP contribution in [0.5, 0.6) is 0 Å². The second-order valence-electron chi connectivity index (χ2n) is 13.8. The molecule has 0 saturated carbocycles. The normalized spacial score (nSPS) is 21.3. The zero-order valence-corrected chi connectivity index (χ0v) is 29.6. The minimum atomic E-state index is -3.79. The van der Waals surface area contributed by atoms with E-state index in [1.807, 2.05) is 56.3 Å². The Morgan fingerprint density at radius 2 is 1.43 bits per heavy atom. The van der Waals surface area contributed by atoms with Gasteiger partial charge in [-0.05, 0) is 91.2 Å². The van der Waals surface area contributed by atoms with Crippen molar-refractivity contribution >= 4 is 37.5 Å². The lowest BCUT2D eigenvalue weighted by atomic mass is 9.96. The predicted molar refractivity (Wildman–Crippen MR) is 180 cm³/mol. The molecule has 9 nitrogen and oxygen atoms in total. The number of benzene rings is 2. The van der Waals surface area contributed by atoms with E-state index in [2.05, 4.69) is 25.7 Å². The summed E-state index contributed by atoms with van der Waals surface area (Å²) in [5, 5.41) is 0.657. The minimum Gasteiger partial charge on any atom is -0.378 e. The molecule has 4 rings (SSSR count). The van der Waals surface area contributed by atoms with Crippen molar-refractivity contribution in [2.45, 2.75) is 58.4 Å². The van der Waals surface area contributed by atoms with Gasteiger partial charge < -0.3 is 9.80 Å². The van der Waals surface area contributed by atoms with Crippen LogP contribution >= 0.6 is 11.6 Å². The lowest BCUT2D eigenvalue weighted by Gasteiger charge is -2.36. The summed E-state index contributed by atoms with van der Waals surface area (Å²) in [7, 11) is -3.73. The van der Waals surface area contributed by atoms with Crippen molar-refractivity contribution < 1.29 is 16.8 Å². The first kappa shape index (κ1) is 35.1. The molecule has 1 saturated heterocycles. The summed E-state index contributed by atoms with van der Waals surface area (Å²) in [5.74, 6) is -0.207. The molecule has 0 aromatic heterocycles. The number of anilines is 1. The molecule has 2 aliphatic rings. The molecule has 12 heteroatoms. The molecule has 2 aromatic carbocycles. The minimum absolute atomic E-state index is 0.0569. The number of hydrogen-bond acceptors (Lipinski definition) is 6. The van der Waals surface area contributed by atoms with E-state index in [9.17, 15) is 16.8 Å². The monoisotopic (exact) mass is 667 g/mol. The largest absolute Gasteiger partial charge is 0.378 e. The van der Waals surface area contributed by atoms with Crippen molar-refractivity contribution in [2.24, 2.45) is 11.3 Å². The van der Waals surface area contributed by atoms with Gasteiger partial charge in [0.1, 0.15) is 0 Å². The molecule has 2 heterocycles. The average Bonchev–Trinajstić information content (AvgIpc) is 2.94. The van der Waals surface area contributed by atoms with E-state index in [-0.39, 0.29) is 29.3 Å². The van der Waals surface area contributed by atoms with Crippen LogP contribution in [0, 0.1) is 11.3 Å². The van der Waals surface area contributed by atoms with Crippen LogP contribution in [0.1, 0.15) is 51.7 Å². The molecule has 0 spiro atoms. The van der Waals surface area contributed by atoms with Gasteiger partial charge in [0.05, 0.1) is 4.90 Å². The van der Waals surface area contributed by atoms with Crippen molar-refractivity contribution in [3.05, 3.63) is 58.6 Å². The summed E-state index contributed by atoms with van der Waals surface area (Å²) in [6.45, 7) is 12.8. The number of rotatable bonds is 6. The van der Waals surface area contributed by atoms with Crippen molar-refractivity contribution in [3.63, 3.8) is 0 Å². The fourth-order valence-corrected chi connectivity index (χ4v) is 9.71. The second kappa shape index (κ2) is 14.4. The molecular formula is C32H50ClN5O4S2. The number of fused-ring (bicyclic) bond motifs is 1. The fourth-order valence-electron chi connectivity index (χ4n) is 6.17. The van der Waals surface area contributed by atoms with Gasteiger partial charge in [0.2, 0.25) is 10.0 Å². The first-order chi connectivity index (χ1) is 20.6. The highest BCUT2D eigenvalue weighted by Gasteiger charge is 2.35. The molecule has 2 aromatic rings. The van der Waals surface area contributed by atoms with E-state index in [0.717, 1.165) is 36.4 Å². The van der Waals surface area contributed by atoms with E-state index >= 15 is 0 Å². The summed E-state index contributed by atoms with van der Waals surface area (Å²) in [4.78, 5) is 4.54. The first-order valence-electron chi connectivity index (χ1n) is 15.6. The van der Waals surface area contributed by atoms with Gasteiger partial charge in [-0.2, -0.15) is 21.3 Å². The van der Waals surface area contributed by atoms with Crippen molar-refractivity contribution in [2.75, 3.05) is 71.4 Å². The van der Waals surface area contributed by atoms with Gasteiger partial charge in [0.25, 0.3) is 10.2 Å². The van der Waals surface area contributed by atoms with Crippen molar-refractivity contribution in [1.29, 1.82) is 0 Å². The van der Waals surface area contributed by atoms with E-state index in [4.69, 9.17) is 11.6 Å². The summed E-state index contributed by atoms with van der Waals surface area (Å²) >= 11 is 6.19. The van der Waals surface area contributed by atoms with Crippen LogP contribution in [0.15, 0.2) is 47.4 Å². The lowest BCUT2D eigenvalue weighted by molar-refractivity contribution is 0.171. The second-order valence-corrected chi connectivity index (χ2v) is 18.1. The maximum atomic E-state index is 14.2. The molecular weight excluding hydrogens is 618 g/mol. The van der Waals surface area contributed by atoms with E-state index in [1.54, 1.807) is 25.0 Å². The zero-order chi connectivity index (χ0) is 32.3. The van der Waals surface area contributed by atoms with Crippen LogP contribution in [0.25, 0.3) is 0 Å². The Balaban J connectivity index is 1.60. The highest BCUT2D eigenvalue weighted by Crippen LogP contribution is 2.27. The van der Waals surface area contributed by atoms with Crippen molar-refractivity contribution in [1.82, 2.24) is 17.8 Å². The Hall–Kier alpha value is -1.73. The highest BCUT2D eigenvalue weighted by atomic mass is 35.5. The fraction of sp³-hybridized carbons (Fsp3) is 0.625. The molecule has 246 valence electrons. The predicted octanol–water partition coefficient (Wildman–Crippen LogP) is 4.78. The molecule has 1 fully saturated rings. The maximum Gasteiger partial charge on any atom is 0.282 e. The number of hydrogen-bond donors (Lipinski definition) is 0. The smallest absolute Gasteiger partial charge is 0.282 e. The number of sulfonamides is 1. The highest BCUT2D eigenvalue weighted by molar-refractivity contribution is 7.89. The molecule has 0 aliphatic carbocycles. The quantitative estimate of drug-likeness (QED) is 0.441. The Bertz CT molecular complexity index is 1480. The van der Waals surface area contributed by atoms with Gasteiger partial charge in [-0.15, -0.1) is 0 Å². The summed E-state index contributed by atoms with van der Waals surface area (Å²) < 4.78 is 60.9. The van der Waals surface area contributed by atoms with Crippen LogP contribution in [-0.2, 0) is 33.2 Å². The Morgan fingerprint density at radius 3 is 2.05 bits per heavy atom. The van der Waals surface area contributed by atoms with Gasteiger partial charge in [-0.25, -0.2) is 8.42 Å². The van der Waals surface area contributed by atoms with E-state index < -0.39 is 20.2 Å². The van der Waals surface area contributed by atoms with Gasteiger partial charge >= 0.3 is 0 Å². The molecule has 1 atom stereocenters. The lowest BCUT2D eigenvalue weighted by Crippen LogP contribution is -2.49. The summed E-state index contributed by atoms with van der Waals surface area (Å²) in [5.41, 5.74) is 3.04. The molecule has 2 aliphatic heterocycles. The van der Waals surface area contributed by atoms with Crippen LogP contribution in [0.4, 0.5) is 5.69 Å². The molecule has 0 radical (unpaired) electrons. The Kier molecular flexibility index (Phi) is 11.5. The van der Waals surface area contributed by atoms with Crippen LogP contribution in [0.2, 0.25) is 5.02 Å². The Morgan fingerprint density at radius 1 is 0.818 bits per heavy atom. The van der Waals surface area contributed by atoms with Gasteiger partial charge in [0, 0.05) is 70.6 Å². The maximum absolute atomic E-state index is 14.2. The molecule has 0 unspecified atom stereocenters. The van der Waals surface area contributed by atoms with Gasteiger partial charge in [0.15, 0.2) is 0 Å². The molecule has 0 bridgehead atoms. The SMILES string of the molecule is C[C@H]1CN(S(=O)(=O)c2ccc(N(C)C)cc2)CCCN(CC(C)(C)C)CCCN(S(=O)(=O)N2CCc3cc(Cl)ccc3C2)C1. The topological polar surface area (TPSA) is 84.5 Å². The standard InChI is InChI=1S/C32H50ClN5O4S2/c1-26-22-36(43(39,40)31-13-11-30(12-14-31)34(5)6)18-7-16-35(25-32(2,3)4)17-8-19-37(23-26)44(41,42)38-20-15-27-21-29(33)10-9-28(27)24-38/h9-14,21,26H,7-8,15-20,22-25H2,1-6H3/t26-/m0/s1. The molecule has 0 N–H and O–H groups in total. The molecule has 44 heavy (non-hydrogen) atoms. The third-order valence-electron chi connectivity index (χ3n) is 8.28.